The molecule has 6 N–H and O–H groups in total. The lowest BCUT2D eigenvalue weighted by Crippen LogP contribution is -2.54. The molecule has 28 heteroatoms. The van der Waals surface area contributed by atoms with Gasteiger partial charge in [-0.2, -0.15) is 10.2 Å². The number of likely N-dealkylation sites (tertiary alicyclic amines) is 4. The number of pyridine rings is 2. The number of aromatic amines is 2. The fraction of sp³-hybridized carbons (Fsp3) is 0.444. The quantitative estimate of drug-likeness (QED) is 0.0345. The fourth-order valence-corrected chi connectivity index (χ4v) is 16.8. The van der Waals surface area contributed by atoms with Gasteiger partial charge in [0.1, 0.15) is 40.4 Å². The monoisotopic (exact) mass is 1410 g/mol. The molecule has 0 bridgehead atoms. The van der Waals surface area contributed by atoms with Crippen molar-refractivity contribution in [1.82, 2.24) is 59.8 Å². The van der Waals surface area contributed by atoms with Crippen molar-refractivity contribution < 1.29 is 46.2 Å². The second kappa shape index (κ2) is 28.8. The van der Waals surface area contributed by atoms with Crippen LogP contribution < -0.4 is 41.9 Å². The van der Waals surface area contributed by atoms with Gasteiger partial charge in [-0.1, -0.05) is 47.5 Å². The van der Waals surface area contributed by atoms with Gasteiger partial charge in [-0.15, -0.1) is 13.2 Å². The van der Waals surface area contributed by atoms with E-state index in [1.54, 1.807) is 42.2 Å². The van der Waals surface area contributed by atoms with E-state index < -0.39 is 24.3 Å². The molecule has 4 aromatic carbocycles. The number of rotatable bonds is 18. The molecule has 0 spiro atoms. The molecule has 10 heterocycles. The van der Waals surface area contributed by atoms with Crippen LogP contribution in [0.2, 0.25) is 10.0 Å². The van der Waals surface area contributed by atoms with E-state index in [1.807, 2.05) is 36.4 Å². The number of nitrogens with one attached hydrogen (secondary N) is 6. The molecular formula is C72H78Cl2F4N14O8. The van der Waals surface area contributed by atoms with E-state index in [0.717, 1.165) is 68.4 Å². The van der Waals surface area contributed by atoms with Crippen LogP contribution in [0.15, 0.2) is 101 Å². The second-order valence-electron chi connectivity index (χ2n) is 27.5. The Morgan fingerprint density at radius 1 is 0.610 bits per heavy atom. The lowest BCUT2D eigenvalue weighted by molar-refractivity contribution is -0.275. The molecule has 6 fully saturated rings. The number of ether oxygens (including phenoxy) is 2. The predicted molar refractivity (Wildman–Crippen MR) is 371 cm³/mol. The summed E-state index contributed by atoms with van der Waals surface area (Å²) in [6.07, 6.45) is 8.37. The zero-order chi connectivity index (χ0) is 69.7. The standard InChI is InChI=1S/C72H78Cl2F4N14O8/c1-87-37-53(51-32-79-85-66(51)70(87)97)44-27-58(75)55(63(29-44)99-2)38-89-22-19-61(91-25-15-41(16-26-91)50-8-6-47(31-57(50)74)82-60-10-12-65(94)84-69(60)96)45(35-89)36-92-39-54(52-33-80-86-67(52)71(92)98)42-3-4-43(62(28-42)100-72(76,77)78)34-88-20-17-48(18-21-88)90-23-13-40(14-24-90)49-7-5-46(30-56(49)73)81-59-9-11-64(93)83-68(59)95/h3-8,27-33,37,39-41,45,48,59-61,81-82H,9-26,34-36,38H2,1-2H3,(H,79,85)(H,80,86)(H,83,93,95)(H,84,94,96). The summed E-state index contributed by atoms with van der Waals surface area (Å²) in [7, 11) is 3.11. The van der Waals surface area contributed by atoms with Gasteiger partial charge in [0, 0.05) is 137 Å². The minimum atomic E-state index is -5.01. The number of H-pyrrole nitrogens is 2. The van der Waals surface area contributed by atoms with E-state index in [0.29, 0.717) is 130 Å². The van der Waals surface area contributed by atoms with Crippen LogP contribution in [0.5, 0.6) is 11.5 Å². The number of carbonyl (C=O) groups is 4. The van der Waals surface area contributed by atoms with Gasteiger partial charge in [-0.25, -0.2) is 4.39 Å². The van der Waals surface area contributed by atoms with Gasteiger partial charge in [-0.3, -0.25) is 64.3 Å². The summed E-state index contributed by atoms with van der Waals surface area (Å²) >= 11 is 13.9. The van der Waals surface area contributed by atoms with Crippen molar-refractivity contribution >= 4 is 80.0 Å². The van der Waals surface area contributed by atoms with Crippen LogP contribution in [0.3, 0.4) is 0 Å². The Balaban J connectivity index is 0.683. The van der Waals surface area contributed by atoms with Crippen LogP contribution in [0.1, 0.15) is 105 Å². The van der Waals surface area contributed by atoms with Crippen LogP contribution in [0.25, 0.3) is 44.1 Å². The third-order valence-electron chi connectivity index (χ3n) is 21.4. The van der Waals surface area contributed by atoms with E-state index in [4.69, 9.17) is 32.7 Å². The number of fused-ring (bicyclic) bond motifs is 2. The number of methoxy groups -OCH3 is 1. The van der Waals surface area contributed by atoms with Gasteiger partial charge in [0.15, 0.2) is 0 Å². The van der Waals surface area contributed by atoms with Crippen molar-refractivity contribution in [2.75, 3.05) is 70.1 Å². The minimum absolute atomic E-state index is 0.0611. The number of amides is 4. The Bertz CT molecular complexity index is 4570. The number of aromatic nitrogens is 6. The number of imide groups is 2. The summed E-state index contributed by atoms with van der Waals surface area (Å²) in [4.78, 5) is 85.4. The first kappa shape index (κ1) is 68.5. The van der Waals surface area contributed by atoms with Crippen molar-refractivity contribution in [3.63, 3.8) is 0 Å². The van der Waals surface area contributed by atoms with Crippen molar-refractivity contribution in [2.24, 2.45) is 13.0 Å². The Labute approximate surface area is 583 Å². The van der Waals surface area contributed by atoms with Crippen molar-refractivity contribution in [2.45, 2.75) is 133 Å². The molecule has 6 saturated heterocycles. The first-order valence-corrected chi connectivity index (χ1v) is 35.0. The molecule has 526 valence electrons. The number of piperidine rings is 6. The van der Waals surface area contributed by atoms with Crippen LogP contribution in [0.4, 0.5) is 28.9 Å². The largest absolute Gasteiger partial charge is 0.573 e. The van der Waals surface area contributed by atoms with E-state index in [9.17, 15) is 41.9 Å². The summed E-state index contributed by atoms with van der Waals surface area (Å²) < 4.78 is 74.3. The summed E-state index contributed by atoms with van der Waals surface area (Å²) in [5, 5.41) is 27.4. The van der Waals surface area contributed by atoms with Gasteiger partial charge in [0.2, 0.25) is 23.6 Å². The molecule has 22 nitrogen and oxygen atoms in total. The molecule has 14 rings (SSSR count). The highest BCUT2D eigenvalue weighted by Gasteiger charge is 2.39. The van der Waals surface area contributed by atoms with Gasteiger partial charge in [-0.05, 0) is 174 Å². The number of hydrogen-bond acceptors (Lipinski definition) is 16. The van der Waals surface area contributed by atoms with Crippen molar-refractivity contribution in [3.05, 3.63) is 150 Å². The predicted octanol–water partition coefficient (Wildman–Crippen LogP) is 10.0. The Morgan fingerprint density at radius 2 is 1.17 bits per heavy atom. The summed E-state index contributed by atoms with van der Waals surface area (Å²) in [6, 6.07) is 18.7. The number of halogens is 6. The van der Waals surface area contributed by atoms with Gasteiger partial charge in [0.25, 0.3) is 11.1 Å². The van der Waals surface area contributed by atoms with Crippen LogP contribution >= 0.6 is 23.2 Å². The summed E-state index contributed by atoms with van der Waals surface area (Å²) in [6.45, 7) is 6.06. The van der Waals surface area contributed by atoms with E-state index in [-0.39, 0.29) is 108 Å². The maximum Gasteiger partial charge on any atom is 0.573 e. The van der Waals surface area contributed by atoms with E-state index >= 15 is 4.39 Å². The molecule has 100 heavy (non-hydrogen) atoms. The normalized spacial score (nSPS) is 21.6. The number of alkyl halides is 3. The van der Waals surface area contributed by atoms with Crippen molar-refractivity contribution in [3.8, 4) is 33.8 Å². The SMILES string of the molecule is COc1cc(-c2cn(C)c(=O)c3[nH]ncc23)cc(F)c1CN1CCC(N2CCC(c3ccc(NC4CCC(=O)NC4=O)cc3Cl)CC2)C(Cn2cc(-c3ccc(CN4CCC(N5CCC(c6ccc(NC7CCC(=O)NC7=O)cc6Cl)CC5)CC4)c(OC(F)(F)F)c3)c3cn[nH]c3c2=O)C1. The highest BCUT2D eigenvalue weighted by molar-refractivity contribution is 6.32. The molecule has 4 atom stereocenters. The van der Waals surface area contributed by atoms with Gasteiger partial charge in [0.05, 0.1) is 19.5 Å². The van der Waals surface area contributed by atoms with Crippen LogP contribution in [-0.4, -0.2) is 163 Å². The number of nitrogens with zero attached hydrogens (tertiary/aromatic N) is 8. The number of hydrogen-bond donors (Lipinski definition) is 6. The van der Waals surface area contributed by atoms with Crippen LogP contribution in [0, 0.1) is 11.7 Å². The molecule has 0 radical (unpaired) electrons. The summed E-state index contributed by atoms with van der Waals surface area (Å²) in [5.41, 5.74) is 5.93. The van der Waals surface area contributed by atoms with E-state index in [2.05, 4.69) is 61.3 Å². The molecule has 4 unspecified atom stereocenters. The molecular weight excluding hydrogens is 1340 g/mol. The lowest BCUT2D eigenvalue weighted by Gasteiger charge is -2.46. The second-order valence-corrected chi connectivity index (χ2v) is 28.3. The van der Waals surface area contributed by atoms with Crippen molar-refractivity contribution in [1.29, 1.82) is 0 Å². The first-order chi connectivity index (χ1) is 48.2. The number of aryl methyl sites for hydroxylation is 1. The highest BCUT2D eigenvalue weighted by atomic mass is 35.5. The third kappa shape index (κ3) is 14.6. The average Bonchev–Trinajstić information content (AvgIpc) is 1.52. The van der Waals surface area contributed by atoms with E-state index in [1.165, 1.54) is 36.2 Å². The lowest BCUT2D eigenvalue weighted by atomic mass is 9.84. The topological polar surface area (TPSA) is 249 Å². The molecule has 0 aliphatic carbocycles. The van der Waals surface area contributed by atoms with Crippen LogP contribution in [-0.2, 0) is 45.9 Å². The Kier molecular flexibility index (Phi) is 19.7. The molecule has 4 amide bonds. The number of carbonyl (C=O) groups excluding carboxylic acids is 4. The molecule has 4 aromatic heterocycles. The Morgan fingerprint density at radius 3 is 1.74 bits per heavy atom. The maximum absolute atomic E-state index is 16.9. The number of benzene rings is 4. The zero-order valence-corrected chi connectivity index (χ0v) is 56.9. The van der Waals surface area contributed by atoms with Gasteiger partial charge >= 0.3 is 6.36 Å². The third-order valence-corrected chi connectivity index (χ3v) is 22.0. The number of anilines is 2. The maximum atomic E-state index is 16.9. The molecule has 0 saturated carbocycles. The fourth-order valence-electron chi connectivity index (χ4n) is 16.1. The van der Waals surface area contributed by atoms with Gasteiger partial charge < -0.3 is 34.1 Å². The zero-order valence-electron chi connectivity index (χ0n) is 55.4. The average molecular weight is 1410 g/mol. The molecule has 8 aromatic rings. The minimum Gasteiger partial charge on any atom is -0.496 e. The first-order valence-electron chi connectivity index (χ1n) is 34.2. The Hall–Kier alpha value is -8.66. The highest BCUT2D eigenvalue weighted by Crippen LogP contribution is 2.42. The molecule has 6 aliphatic rings. The molecule has 6 aliphatic heterocycles. The summed E-state index contributed by atoms with van der Waals surface area (Å²) in [5.74, 6) is -1.70. The smallest absolute Gasteiger partial charge is 0.496 e.